The summed E-state index contributed by atoms with van der Waals surface area (Å²) in [5, 5.41) is 0. The van der Waals surface area contributed by atoms with Crippen molar-refractivity contribution in [2.45, 2.75) is 25.9 Å². The van der Waals surface area contributed by atoms with Gasteiger partial charge in [0.15, 0.2) is 0 Å². The van der Waals surface area contributed by atoms with E-state index in [0.717, 1.165) is 0 Å². The molecule has 1 fully saturated rings. The van der Waals surface area contributed by atoms with E-state index >= 15 is 0 Å². The van der Waals surface area contributed by atoms with Crippen molar-refractivity contribution in [3.8, 4) is 0 Å². The van der Waals surface area contributed by atoms with Gasteiger partial charge in [-0.2, -0.15) is 8.78 Å². The lowest BCUT2D eigenvalue weighted by Gasteiger charge is -2.26. The maximum absolute atomic E-state index is 12.5. The number of alkyl halides is 2. The van der Waals surface area contributed by atoms with Crippen LogP contribution in [0.4, 0.5) is 8.78 Å². The van der Waals surface area contributed by atoms with E-state index in [1.165, 1.54) is 0 Å². The number of halogens is 2. The minimum absolute atomic E-state index is 0.131. The fraction of sp³-hybridized carbons (Fsp3) is 0.875. The Morgan fingerprint density at radius 1 is 1.69 bits per heavy atom. The number of esters is 1. The number of rotatable bonds is 2. The molecule has 5 heteroatoms. The molecule has 1 heterocycles. The molecule has 76 valence electrons. The summed E-state index contributed by atoms with van der Waals surface area (Å²) in [7, 11) is 0. The van der Waals surface area contributed by atoms with Crippen molar-refractivity contribution in [2.24, 2.45) is 5.92 Å². The highest BCUT2D eigenvalue weighted by molar-refractivity contribution is 5.72. The van der Waals surface area contributed by atoms with E-state index in [4.69, 9.17) is 0 Å². The van der Waals surface area contributed by atoms with Crippen LogP contribution >= 0.6 is 0 Å². The van der Waals surface area contributed by atoms with Crippen molar-refractivity contribution in [2.75, 3.05) is 13.2 Å². The smallest absolute Gasteiger partial charge is 0.355 e. The van der Waals surface area contributed by atoms with Crippen molar-refractivity contribution >= 4 is 5.97 Å². The van der Waals surface area contributed by atoms with Crippen LogP contribution in [0.1, 0.15) is 19.8 Å². The Morgan fingerprint density at radius 2 is 2.38 bits per heavy atom. The number of hydrogen-bond acceptors (Lipinski definition) is 3. The van der Waals surface area contributed by atoms with Gasteiger partial charge in [0.25, 0.3) is 0 Å². The molecule has 1 rings (SSSR count). The second-order valence-electron chi connectivity index (χ2n) is 2.94. The third kappa shape index (κ3) is 2.91. The molecule has 0 radical (unpaired) electrons. The molecular formula is C8H12F2O3. The molecule has 0 aromatic heterocycles. The van der Waals surface area contributed by atoms with Crippen LogP contribution in [-0.2, 0) is 14.3 Å². The SMILES string of the molecule is CCOC(=O)C1CCC(F)(F)OC1. The van der Waals surface area contributed by atoms with Crippen LogP contribution in [0.25, 0.3) is 0 Å². The first-order valence-corrected chi connectivity index (χ1v) is 4.23. The van der Waals surface area contributed by atoms with Crippen molar-refractivity contribution in [1.82, 2.24) is 0 Å². The van der Waals surface area contributed by atoms with Crippen LogP contribution in [-0.4, -0.2) is 25.3 Å². The lowest BCUT2D eigenvalue weighted by atomic mass is 10.0. The molecule has 0 spiro atoms. The van der Waals surface area contributed by atoms with Gasteiger partial charge in [-0.15, -0.1) is 0 Å². The number of carbonyl (C=O) groups is 1. The van der Waals surface area contributed by atoms with Gasteiger partial charge in [-0.05, 0) is 13.3 Å². The van der Waals surface area contributed by atoms with Crippen molar-refractivity contribution in [3.63, 3.8) is 0 Å². The first-order valence-electron chi connectivity index (χ1n) is 4.23. The molecule has 1 atom stereocenters. The monoisotopic (exact) mass is 194 g/mol. The van der Waals surface area contributed by atoms with E-state index in [0.29, 0.717) is 0 Å². The van der Waals surface area contributed by atoms with E-state index in [2.05, 4.69) is 9.47 Å². The van der Waals surface area contributed by atoms with Gasteiger partial charge in [0.1, 0.15) is 0 Å². The lowest BCUT2D eigenvalue weighted by Crippen LogP contribution is -2.35. The molecule has 0 N–H and O–H groups in total. The molecular weight excluding hydrogens is 182 g/mol. The predicted molar refractivity (Wildman–Crippen MR) is 40.3 cm³/mol. The maximum atomic E-state index is 12.5. The van der Waals surface area contributed by atoms with Crippen LogP contribution in [0, 0.1) is 5.92 Å². The van der Waals surface area contributed by atoms with Gasteiger partial charge in [0, 0.05) is 6.42 Å². The Morgan fingerprint density at radius 3 is 2.85 bits per heavy atom. The number of ether oxygens (including phenoxy) is 2. The molecule has 0 aromatic carbocycles. The Balaban J connectivity index is 2.36. The van der Waals surface area contributed by atoms with E-state index in [-0.39, 0.29) is 19.6 Å². The lowest BCUT2D eigenvalue weighted by molar-refractivity contribution is -0.267. The Bertz CT molecular complexity index is 184. The van der Waals surface area contributed by atoms with E-state index in [9.17, 15) is 13.6 Å². The Labute approximate surface area is 75.0 Å². The summed E-state index contributed by atoms with van der Waals surface area (Å²) >= 11 is 0. The van der Waals surface area contributed by atoms with E-state index in [1.54, 1.807) is 6.92 Å². The van der Waals surface area contributed by atoms with Crippen LogP contribution < -0.4 is 0 Å². The molecule has 0 bridgehead atoms. The first-order chi connectivity index (χ1) is 6.05. The van der Waals surface area contributed by atoms with E-state index in [1.807, 2.05) is 0 Å². The highest BCUT2D eigenvalue weighted by atomic mass is 19.3. The van der Waals surface area contributed by atoms with Gasteiger partial charge in [0.2, 0.25) is 0 Å². The molecule has 1 saturated heterocycles. The number of carbonyl (C=O) groups excluding carboxylic acids is 1. The third-order valence-corrected chi connectivity index (χ3v) is 1.90. The van der Waals surface area contributed by atoms with Crippen LogP contribution in [0.5, 0.6) is 0 Å². The van der Waals surface area contributed by atoms with Gasteiger partial charge in [-0.25, -0.2) is 0 Å². The van der Waals surface area contributed by atoms with Crippen molar-refractivity contribution < 1.29 is 23.0 Å². The second kappa shape index (κ2) is 4.00. The zero-order chi connectivity index (χ0) is 9.90. The van der Waals surface area contributed by atoms with Crippen molar-refractivity contribution in [1.29, 1.82) is 0 Å². The van der Waals surface area contributed by atoms with Gasteiger partial charge >= 0.3 is 12.1 Å². The summed E-state index contributed by atoms with van der Waals surface area (Å²) in [6.07, 6.45) is -3.34. The normalized spacial score (nSPS) is 26.8. The quantitative estimate of drug-likeness (QED) is 0.626. The Kier molecular flexibility index (Phi) is 3.19. The summed E-state index contributed by atoms with van der Waals surface area (Å²) in [6.45, 7) is 1.70. The fourth-order valence-electron chi connectivity index (χ4n) is 1.17. The first kappa shape index (κ1) is 10.4. The topological polar surface area (TPSA) is 35.5 Å². The zero-order valence-electron chi connectivity index (χ0n) is 7.39. The standard InChI is InChI=1S/C8H12F2O3/c1-2-12-7(11)6-3-4-8(9,10)13-5-6/h6H,2-5H2,1H3. The largest absolute Gasteiger partial charge is 0.466 e. The second-order valence-corrected chi connectivity index (χ2v) is 2.94. The van der Waals surface area contributed by atoms with Gasteiger partial charge in [0.05, 0.1) is 19.1 Å². The molecule has 1 aliphatic heterocycles. The number of hydrogen-bond donors (Lipinski definition) is 0. The fourth-order valence-corrected chi connectivity index (χ4v) is 1.17. The molecule has 0 saturated carbocycles. The molecule has 0 aliphatic carbocycles. The molecule has 0 aromatic rings. The average Bonchev–Trinajstić information content (AvgIpc) is 2.04. The minimum atomic E-state index is -3.07. The Hall–Kier alpha value is -0.710. The highest BCUT2D eigenvalue weighted by Gasteiger charge is 2.39. The van der Waals surface area contributed by atoms with Crippen LogP contribution in [0.3, 0.4) is 0 Å². The van der Waals surface area contributed by atoms with Crippen molar-refractivity contribution in [3.05, 3.63) is 0 Å². The van der Waals surface area contributed by atoms with E-state index < -0.39 is 24.4 Å². The van der Waals surface area contributed by atoms with Gasteiger partial charge < -0.3 is 9.47 Å². The zero-order valence-corrected chi connectivity index (χ0v) is 7.39. The summed E-state index contributed by atoms with van der Waals surface area (Å²) in [5.41, 5.74) is 0. The van der Waals surface area contributed by atoms with Crippen LogP contribution in [0.15, 0.2) is 0 Å². The molecule has 13 heavy (non-hydrogen) atoms. The van der Waals surface area contributed by atoms with Crippen LogP contribution in [0.2, 0.25) is 0 Å². The summed E-state index contributed by atoms with van der Waals surface area (Å²) in [6, 6.07) is 0. The summed E-state index contributed by atoms with van der Waals surface area (Å²) in [4.78, 5) is 11.1. The average molecular weight is 194 g/mol. The van der Waals surface area contributed by atoms with Gasteiger partial charge in [-0.1, -0.05) is 0 Å². The highest BCUT2D eigenvalue weighted by Crippen LogP contribution is 2.30. The third-order valence-electron chi connectivity index (χ3n) is 1.90. The predicted octanol–water partition coefficient (Wildman–Crippen LogP) is 1.57. The molecule has 1 unspecified atom stereocenters. The summed E-state index contributed by atoms with van der Waals surface area (Å²) in [5.74, 6) is -0.974. The summed E-state index contributed by atoms with van der Waals surface area (Å²) < 4.78 is 33.8. The molecule has 3 nitrogen and oxygen atoms in total. The molecule has 0 amide bonds. The maximum Gasteiger partial charge on any atom is 0.355 e. The molecule has 1 aliphatic rings. The van der Waals surface area contributed by atoms with Gasteiger partial charge in [-0.3, -0.25) is 4.79 Å². The minimum Gasteiger partial charge on any atom is -0.466 e.